The zero-order valence-corrected chi connectivity index (χ0v) is 11.0. The molecule has 2 heterocycles. The van der Waals surface area contributed by atoms with E-state index in [2.05, 4.69) is 40.0 Å². The molecule has 2 rings (SSSR count). The van der Waals surface area contributed by atoms with E-state index in [1.54, 1.807) is 0 Å². The molecule has 0 saturated carbocycles. The summed E-state index contributed by atoms with van der Waals surface area (Å²) in [5, 5.41) is 8.40. The van der Waals surface area contributed by atoms with E-state index in [0.717, 1.165) is 16.8 Å². The summed E-state index contributed by atoms with van der Waals surface area (Å²) in [5.41, 5.74) is 0. The van der Waals surface area contributed by atoms with Gasteiger partial charge in [0.05, 0.1) is 12.2 Å². The molecular formula is C9H13BrN2O2S. The molecule has 1 aromatic heterocycles. The fourth-order valence-electron chi connectivity index (χ4n) is 1.82. The molecule has 15 heavy (non-hydrogen) atoms. The SMILES string of the molecule is CC1CC(Oc2nnc(Br)s2)CC(C)O1. The minimum absolute atomic E-state index is 0.198. The molecule has 0 N–H and O–H groups in total. The fourth-order valence-corrected chi connectivity index (χ4v) is 2.81. The van der Waals surface area contributed by atoms with Gasteiger partial charge in [0.15, 0.2) is 3.92 Å². The first-order valence-corrected chi connectivity index (χ1v) is 6.55. The maximum atomic E-state index is 5.75. The molecule has 0 amide bonds. The molecule has 2 unspecified atom stereocenters. The molecule has 4 nitrogen and oxygen atoms in total. The van der Waals surface area contributed by atoms with Gasteiger partial charge in [-0.25, -0.2) is 0 Å². The molecule has 1 aliphatic heterocycles. The van der Waals surface area contributed by atoms with Crippen LogP contribution in [0.15, 0.2) is 3.92 Å². The predicted octanol–water partition coefficient (Wildman–Crippen LogP) is 2.64. The molecule has 0 aromatic carbocycles. The normalized spacial score (nSPS) is 31.5. The maximum absolute atomic E-state index is 5.75. The van der Waals surface area contributed by atoms with Crippen molar-refractivity contribution in [3.05, 3.63) is 3.92 Å². The molecule has 0 bridgehead atoms. The minimum Gasteiger partial charge on any atom is -0.465 e. The van der Waals surface area contributed by atoms with Crippen LogP contribution >= 0.6 is 27.3 Å². The van der Waals surface area contributed by atoms with Crippen molar-refractivity contribution in [3.63, 3.8) is 0 Å². The third kappa shape index (κ3) is 3.12. The summed E-state index contributed by atoms with van der Waals surface area (Å²) in [6, 6.07) is 0. The standard InChI is InChI=1S/C9H13BrN2O2S/c1-5-3-7(4-6(2)13-5)14-9-12-11-8(10)15-9/h5-7H,3-4H2,1-2H3. The van der Waals surface area contributed by atoms with Gasteiger partial charge in [-0.3, -0.25) is 0 Å². The number of ether oxygens (including phenoxy) is 2. The largest absolute Gasteiger partial charge is 0.465 e. The molecule has 0 radical (unpaired) electrons. The third-order valence-corrected chi connectivity index (χ3v) is 3.55. The lowest BCUT2D eigenvalue weighted by Crippen LogP contribution is -2.35. The lowest BCUT2D eigenvalue weighted by Gasteiger charge is -2.31. The van der Waals surface area contributed by atoms with Crippen LogP contribution in [0.2, 0.25) is 0 Å². The Bertz CT molecular complexity index is 324. The van der Waals surface area contributed by atoms with Crippen LogP contribution in [0, 0.1) is 0 Å². The van der Waals surface area contributed by atoms with E-state index in [4.69, 9.17) is 9.47 Å². The van der Waals surface area contributed by atoms with Gasteiger partial charge in [-0.1, -0.05) is 5.10 Å². The van der Waals surface area contributed by atoms with Crippen LogP contribution in [0.1, 0.15) is 26.7 Å². The van der Waals surface area contributed by atoms with Gasteiger partial charge in [0.25, 0.3) is 5.19 Å². The lowest BCUT2D eigenvalue weighted by molar-refractivity contribution is -0.0722. The highest BCUT2D eigenvalue weighted by Gasteiger charge is 2.26. The molecule has 0 aliphatic carbocycles. The van der Waals surface area contributed by atoms with Crippen LogP contribution in [0.3, 0.4) is 0 Å². The molecule has 1 aromatic rings. The Balaban J connectivity index is 1.94. The lowest BCUT2D eigenvalue weighted by atomic mass is 10.0. The number of aromatic nitrogens is 2. The van der Waals surface area contributed by atoms with E-state index in [0.29, 0.717) is 5.19 Å². The van der Waals surface area contributed by atoms with E-state index in [1.165, 1.54) is 11.3 Å². The predicted molar refractivity (Wildman–Crippen MR) is 61.3 cm³/mol. The van der Waals surface area contributed by atoms with Crippen molar-refractivity contribution in [2.75, 3.05) is 0 Å². The number of hydrogen-bond donors (Lipinski definition) is 0. The second-order valence-electron chi connectivity index (χ2n) is 3.79. The second-order valence-corrected chi connectivity index (χ2v) is 6.01. The van der Waals surface area contributed by atoms with E-state index in [1.807, 2.05) is 0 Å². The summed E-state index contributed by atoms with van der Waals surface area (Å²) in [6.45, 7) is 4.14. The Labute approximate surface area is 101 Å². The van der Waals surface area contributed by atoms with Crippen molar-refractivity contribution in [1.29, 1.82) is 0 Å². The highest BCUT2D eigenvalue weighted by atomic mass is 79.9. The number of rotatable bonds is 2. The Morgan fingerprint density at radius 2 is 2.00 bits per heavy atom. The first-order valence-electron chi connectivity index (χ1n) is 4.94. The van der Waals surface area contributed by atoms with Gasteiger partial charge < -0.3 is 9.47 Å². The average Bonchev–Trinajstić information content (AvgIpc) is 2.49. The van der Waals surface area contributed by atoms with Gasteiger partial charge in [-0.2, -0.15) is 0 Å². The summed E-state index contributed by atoms with van der Waals surface area (Å²) < 4.78 is 12.1. The van der Waals surface area contributed by atoms with Gasteiger partial charge in [-0.05, 0) is 41.1 Å². The Morgan fingerprint density at radius 1 is 1.33 bits per heavy atom. The summed E-state index contributed by atoms with van der Waals surface area (Å²) >= 11 is 4.68. The van der Waals surface area contributed by atoms with Gasteiger partial charge in [0, 0.05) is 12.8 Å². The van der Waals surface area contributed by atoms with Gasteiger partial charge in [0.1, 0.15) is 6.10 Å². The summed E-state index contributed by atoms with van der Waals surface area (Å²) in [6.07, 6.45) is 2.55. The average molecular weight is 293 g/mol. The van der Waals surface area contributed by atoms with E-state index in [-0.39, 0.29) is 18.3 Å². The molecule has 0 spiro atoms. The molecule has 1 fully saturated rings. The Hall–Kier alpha value is -0.200. The van der Waals surface area contributed by atoms with Gasteiger partial charge in [-0.15, -0.1) is 5.10 Å². The Morgan fingerprint density at radius 3 is 2.53 bits per heavy atom. The number of halogens is 1. The molecule has 2 atom stereocenters. The van der Waals surface area contributed by atoms with Crippen LogP contribution in [0.4, 0.5) is 0 Å². The number of nitrogens with zero attached hydrogens (tertiary/aromatic N) is 2. The van der Waals surface area contributed by atoms with Gasteiger partial charge >= 0.3 is 0 Å². The smallest absolute Gasteiger partial charge is 0.295 e. The van der Waals surface area contributed by atoms with Crippen molar-refractivity contribution >= 4 is 27.3 Å². The summed E-state index contributed by atoms with van der Waals surface area (Å²) in [4.78, 5) is 0. The summed E-state index contributed by atoms with van der Waals surface area (Å²) in [5.74, 6) is 0. The topological polar surface area (TPSA) is 44.2 Å². The number of hydrogen-bond acceptors (Lipinski definition) is 5. The van der Waals surface area contributed by atoms with Crippen molar-refractivity contribution in [2.45, 2.75) is 45.0 Å². The van der Waals surface area contributed by atoms with E-state index >= 15 is 0 Å². The molecule has 6 heteroatoms. The fraction of sp³-hybridized carbons (Fsp3) is 0.778. The highest BCUT2D eigenvalue weighted by molar-refractivity contribution is 9.11. The van der Waals surface area contributed by atoms with E-state index in [9.17, 15) is 0 Å². The minimum atomic E-state index is 0.198. The molecule has 1 aliphatic rings. The molecule has 84 valence electrons. The monoisotopic (exact) mass is 292 g/mol. The quantitative estimate of drug-likeness (QED) is 0.841. The van der Waals surface area contributed by atoms with Crippen LogP contribution in [0.25, 0.3) is 0 Å². The van der Waals surface area contributed by atoms with E-state index < -0.39 is 0 Å². The first kappa shape index (κ1) is 11.3. The van der Waals surface area contributed by atoms with Crippen LogP contribution in [-0.2, 0) is 4.74 Å². The second kappa shape index (κ2) is 4.76. The van der Waals surface area contributed by atoms with Crippen molar-refractivity contribution < 1.29 is 9.47 Å². The highest BCUT2D eigenvalue weighted by Crippen LogP contribution is 2.27. The van der Waals surface area contributed by atoms with Crippen LogP contribution in [-0.4, -0.2) is 28.5 Å². The van der Waals surface area contributed by atoms with Gasteiger partial charge in [0.2, 0.25) is 0 Å². The maximum Gasteiger partial charge on any atom is 0.295 e. The van der Waals surface area contributed by atoms with Crippen molar-refractivity contribution in [1.82, 2.24) is 10.2 Å². The third-order valence-electron chi connectivity index (χ3n) is 2.30. The van der Waals surface area contributed by atoms with Crippen LogP contribution < -0.4 is 4.74 Å². The zero-order chi connectivity index (χ0) is 10.8. The summed E-state index contributed by atoms with van der Waals surface area (Å²) in [7, 11) is 0. The van der Waals surface area contributed by atoms with Crippen LogP contribution in [0.5, 0.6) is 5.19 Å². The zero-order valence-electron chi connectivity index (χ0n) is 8.64. The first-order chi connectivity index (χ1) is 7.13. The molecule has 1 saturated heterocycles. The van der Waals surface area contributed by atoms with Crippen molar-refractivity contribution in [3.8, 4) is 5.19 Å². The Kier molecular flexibility index (Phi) is 3.58. The molecular weight excluding hydrogens is 280 g/mol. The van der Waals surface area contributed by atoms with Crippen molar-refractivity contribution in [2.24, 2.45) is 0 Å².